The quantitative estimate of drug-likeness (QED) is 0.517. The smallest absolute Gasteiger partial charge is 0.331 e. The minimum atomic E-state index is -0.809. The Morgan fingerprint density at radius 3 is 2.00 bits per heavy atom. The van der Waals surface area contributed by atoms with E-state index in [-0.39, 0.29) is 0 Å². The molecule has 0 aliphatic carbocycles. The lowest BCUT2D eigenvalue weighted by Crippen LogP contribution is -2.02. The molecule has 0 saturated heterocycles. The fraction of sp³-hybridized carbons (Fsp3) is 0.500. The predicted molar refractivity (Wildman–Crippen MR) is 50.1 cm³/mol. The molecular weight excluding hydrogens is 152 g/mol. The summed E-state index contributed by atoms with van der Waals surface area (Å²) in [5.41, 5.74) is 2.41. The number of hydrogen-bond donors (Lipinski definition) is 1. The molecule has 0 aromatic heterocycles. The van der Waals surface area contributed by atoms with E-state index < -0.39 is 5.97 Å². The summed E-state index contributed by atoms with van der Waals surface area (Å²) in [4.78, 5) is 10.7. The van der Waals surface area contributed by atoms with Gasteiger partial charge in [0.2, 0.25) is 0 Å². The SMILES string of the molecule is C=C(C)CCC(C(=O)O)=C(C)C. The van der Waals surface area contributed by atoms with Gasteiger partial charge in [-0.15, -0.1) is 6.58 Å². The minimum Gasteiger partial charge on any atom is -0.478 e. The van der Waals surface area contributed by atoms with Crippen LogP contribution in [0.2, 0.25) is 0 Å². The first-order chi connectivity index (χ1) is 5.45. The van der Waals surface area contributed by atoms with Crippen molar-refractivity contribution in [3.05, 3.63) is 23.3 Å². The van der Waals surface area contributed by atoms with Crippen LogP contribution in [0.15, 0.2) is 23.3 Å². The van der Waals surface area contributed by atoms with Crippen LogP contribution in [-0.4, -0.2) is 11.1 Å². The Morgan fingerprint density at radius 2 is 1.75 bits per heavy atom. The van der Waals surface area contributed by atoms with Crippen molar-refractivity contribution in [1.82, 2.24) is 0 Å². The van der Waals surface area contributed by atoms with E-state index in [0.29, 0.717) is 12.0 Å². The summed E-state index contributed by atoms with van der Waals surface area (Å²) in [6, 6.07) is 0. The Labute approximate surface area is 73.6 Å². The zero-order valence-electron chi connectivity index (χ0n) is 7.98. The van der Waals surface area contributed by atoms with E-state index in [0.717, 1.165) is 17.6 Å². The maximum Gasteiger partial charge on any atom is 0.331 e. The van der Waals surface area contributed by atoms with Crippen LogP contribution in [0.4, 0.5) is 0 Å². The molecule has 0 aliphatic rings. The van der Waals surface area contributed by atoms with E-state index in [1.807, 2.05) is 20.8 Å². The van der Waals surface area contributed by atoms with Gasteiger partial charge in [0, 0.05) is 5.57 Å². The van der Waals surface area contributed by atoms with Crippen molar-refractivity contribution in [1.29, 1.82) is 0 Å². The third kappa shape index (κ3) is 3.96. The van der Waals surface area contributed by atoms with Gasteiger partial charge in [0.1, 0.15) is 0 Å². The summed E-state index contributed by atoms with van der Waals surface area (Å²) in [5, 5.41) is 8.77. The van der Waals surface area contributed by atoms with Gasteiger partial charge in [-0.05, 0) is 33.6 Å². The monoisotopic (exact) mass is 168 g/mol. The first-order valence-electron chi connectivity index (χ1n) is 3.99. The molecule has 2 nitrogen and oxygen atoms in total. The lowest BCUT2D eigenvalue weighted by Gasteiger charge is -2.03. The third-order valence-electron chi connectivity index (χ3n) is 1.66. The molecule has 0 atom stereocenters. The molecule has 0 heterocycles. The molecule has 2 heteroatoms. The molecule has 0 radical (unpaired) electrons. The number of carboxylic acid groups (broad SMARTS) is 1. The standard InChI is InChI=1S/C10H16O2/c1-7(2)5-6-9(8(3)4)10(11)12/h1,5-6H2,2-4H3,(H,11,12). The molecule has 0 amide bonds. The zero-order valence-corrected chi connectivity index (χ0v) is 7.98. The Bertz CT molecular complexity index is 220. The number of carboxylic acids is 1. The number of rotatable bonds is 4. The van der Waals surface area contributed by atoms with Crippen molar-refractivity contribution >= 4 is 5.97 Å². The van der Waals surface area contributed by atoms with Crippen LogP contribution in [0, 0.1) is 0 Å². The summed E-state index contributed by atoms with van der Waals surface area (Å²) in [5.74, 6) is -0.809. The van der Waals surface area contributed by atoms with E-state index in [4.69, 9.17) is 5.11 Å². The molecule has 0 bridgehead atoms. The fourth-order valence-corrected chi connectivity index (χ4v) is 0.909. The zero-order chi connectivity index (χ0) is 9.72. The second-order valence-electron chi connectivity index (χ2n) is 3.24. The van der Waals surface area contributed by atoms with Gasteiger partial charge in [0.15, 0.2) is 0 Å². The molecule has 0 aromatic carbocycles. The molecule has 0 fully saturated rings. The number of hydrogen-bond acceptors (Lipinski definition) is 1. The molecule has 0 aromatic rings. The average molecular weight is 168 g/mol. The van der Waals surface area contributed by atoms with Crippen molar-refractivity contribution < 1.29 is 9.90 Å². The predicted octanol–water partition coefficient (Wildman–Crippen LogP) is 2.76. The van der Waals surface area contributed by atoms with Gasteiger partial charge >= 0.3 is 5.97 Å². The van der Waals surface area contributed by atoms with E-state index in [9.17, 15) is 4.79 Å². The summed E-state index contributed by atoms with van der Waals surface area (Å²) in [6.07, 6.45) is 1.35. The molecule has 0 saturated carbocycles. The lowest BCUT2D eigenvalue weighted by molar-refractivity contribution is -0.132. The van der Waals surface area contributed by atoms with Crippen molar-refractivity contribution in [3.8, 4) is 0 Å². The van der Waals surface area contributed by atoms with E-state index >= 15 is 0 Å². The van der Waals surface area contributed by atoms with E-state index in [2.05, 4.69) is 6.58 Å². The minimum absolute atomic E-state index is 0.512. The largest absolute Gasteiger partial charge is 0.478 e. The van der Waals surface area contributed by atoms with Crippen molar-refractivity contribution in [2.75, 3.05) is 0 Å². The second kappa shape index (κ2) is 4.75. The number of aliphatic carboxylic acids is 1. The highest BCUT2D eigenvalue weighted by Crippen LogP contribution is 2.13. The molecule has 0 spiro atoms. The summed E-state index contributed by atoms with van der Waals surface area (Å²) < 4.78 is 0. The van der Waals surface area contributed by atoms with Gasteiger partial charge in [0.05, 0.1) is 0 Å². The van der Waals surface area contributed by atoms with Crippen LogP contribution in [0.3, 0.4) is 0 Å². The second-order valence-corrected chi connectivity index (χ2v) is 3.24. The molecular formula is C10H16O2. The summed E-state index contributed by atoms with van der Waals surface area (Å²) in [6.45, 7) is 9.28. The van der Waals surface area contributed by atoms with Crippen LogP contribution >= 0.6 is 0 Å². The van der Waals surface area contributed by atoms with Crippen molar-refractivity contribution in [3.63, 3.8) is 0 Å². The van der Waals surface area contributed by atoms with Gasteiger partial charge in [-0.3, -0.25) is 0 Å². The number of carbonyl (C=O) groups is 1. The molecule has 1 N–H and O–H groups in total. The molecule has 0 aliphatic heterocycles. The van der Waals surface area contributed by atoms with Gasteiger partial charge in [-0.2, -0.15) is 0 Å². The summed E-state index contributed by atoms with van der Waals surface area (Å²) >= 11 is 0. The lowest BCUT2D eigenvalue weighted by atomic mass is 10.0. The van der Waals surface area contributed by atoms with Gasteiger partial charge in [0.25, 0.3) is 0 Å². The maximum absolute atomic E-state index is 10.7. The van der Waals surface area contributed by atoms with Crippen molar-refractivity contribution in [2.24, 2.45) is 0 Å². The Kier molecular flexibility index (Phi) is 4.34. The maximum atomic E-state index is 10.7. The summed E-state index contributed by atoms with van der Waals surface area (Å²) in [7, 11) is 0. The first kappa shape index (κ1) is 11.0. The van der Waals surface area contributed by atoms with Crippen LogP contribution in [0.1, 0.15) is 33.6 Å². The van der Waals surface area contributed by atoms with Crippen LogP contribution in [-0.2, 0) is 4.79 Å². The Balaban J connectivity index is 4.28. The molecule has 0 rings (SSSR count). The normalized spacial score (nSPS) is 9.25. The Hall–Kier alpha value is -1.05. The van der Waals surface area contributed by atoms with E-state index in [1.54, 1.807) is 0 Å². The first-order valence-corrected chi connectivity index (χ1v) is 3.99. The highest BCUT2D eigenvalue weighted by Gasteiger charge is 2.07. The molecule has 0 unspecified atom stereocenters. The molecule has 12 heavy (non-hydrogen) atoms. The van der Waals surface area contributed by atoms with Crippen LogP contribution in [0.25, 0.3) is 0 Å². The van der Waals surface area contributed by atoms with Crippen LogP contribution in [0.5, 0.6) is 0 Å². The average Bonchev–Trinajstić information content (AvgIpc) is 1.84. The van der Waals surface area contributed by atoms with Gasteiger partial charge < -0.3 is 5.11 Å². The highest BCUT2D eigenvalue weighted by atomic mass is 16.4. The van der Waals surface area contributed by atoms with Gasteiger partial charge in [-0.1, -0.05) is 11.1 Å². The molecule has 68 valence electrons. The van der Waals surface area contributed by atoms with E-state index in [1.165, 1.54) is 0 Å². The third-order valence-corrected chi connectivity index (χ3v) is 1.66. The highest BCUT2D eigenvalue weighted by molar-refractivity contribution is 5.87. The van der Waals surface area contributed by atoms with Gasteiger partial charge in [-0.25, -0.2) is 4.79 Å². The van der Waals surface area contributed by atoms with Crippen LogP contribution < -0.4 is 0 Å². The van der Waals surface area contributed by atoms with Crippen molar-refractivity contribution in [2.45, 2.75) is 33.6 Å². The number of allylic oxidation sites excluding steroid dienone is 2. The topological polar surface area (TPSA) is 37.3 Å². The Morgan fingerprint density at radius 1 is 1.25 bits per heavy atom. The fourth-order valence-electron chi connectivity index (χ4n) is 0.909.